The Kier molecular flexibility index (Phi) is 4.33. The van der Waals surface area contributed by atoms with E-state index in [0.717, 1.165) is 0 Å². The van der Waals surface area contributed by atoms with E-state index in [2.05, 4.69) is 20.9 Å². The number of rotatable bonds is 5. The monoisotopic (exact) mass is 222 g/mol. The van der Waals surface area contributed by atoms with E-state index in [1.54, 1.807) is 0 Å². The van der Waals surface area contributed by atoms with Crippen LogP contribution >= 0.6 is 0 Å². The standard InChI is InChI=1S/C10H14N4O2/c1-4-5-6-15-9-12-8(11)13-10(14-9)16-7(2)3/h1,7H,5-6H2,2-3H3,(H2,11,12,13,14). The molecule has 16 heavy (non-hydrogen) atoms. The summed E-state index contributed by atoms with van der Waals surface area (Å²) in [5.74, 6) is 2.50. The summed E-state index contributed by atoms with van der Waals surface area (Å²) in [5, 5.41) is 0. The predicted molar refractivity (Wildman–Crippen MR) is 58.9 cm³/mol. The van der Waals surface area contributed by atoms with Gasteiger partial charge >= 0.3 is 12.0 Å². The van der Waals surface area contributed by atoms with Gasteiger partial charge in [0, 0.05) is 6.42 Å². The number of ether oxygens (including phenoxy) is 2. The molecular formula is C10H14N4O2. The molecule has 0 aliphatic heterocycles. The number of hydrogen-bond donors (Lipinski definition) is 1. The van der Waals surface area contributed by atoms with Crippen molar-refractivity contribution in [3.8, 4) is 24.4 Å². The molecule has 0 aliphatic rings. The maximum Gasteiger partial charge on any atom is 0.324 e. The van der Waals surface area contributed by atoms with E-state index in [4.69, 9.17) is 21.6 Å². The van der Waals surface area contributed by atoms with Gasteiger partial charge < -0.3 is 15.2 Å². The maximum absolute atomic E-state index is 5.48. The van der Waals surface area contributed by atoms with Crippen molar-refractivity contribution < 1.29 is 9.47 Å². The fourth-order valence-corrected chi connectivity index (χ4v) is 0.882. The van der Waals surface area contributed by atoms with Gasteiger partial charge in [-0.3, -0.25) is 0 Å². The molecule has 6 nitrogen and oxygen atoms in total. The summed E-state index contributed by atoms with van der Waals surface area (Å²) >= 11 is 0. The number of nitrogens with zero attached hydrogens (tertiary/aromatic N) is 3. The summed E-state index contributed by atoms with van der Waals surface area (Å²) in [4.78, 5) is 11.5. The van der Waals surface area contributed by atoms with Crippen molar-refractivity contribution in [1.29, 1.82) is 0 Å². The van der Waals surface area contributed by atoms with Crippen molar-refractivity contribution in [2.45, 2.75) is 26.4 Å². The topological polar surface area (TPSA) is 83.2 Å². The van der Waals surface area contributed by atoms with E-state index in [1.165, 1.54) is 0 Å². The largest absolute Gasteiger partial charge is 0.462 e. The number of nitrogen functional groups attached to an aromatic ring is 1. The van der Waals surface area contributed by atoms with Crippen LogP contribution in [0, 0.1) is 12.3 Å². The first kappa shape index (κ1) is 12.0. The summed E-state index contributed by atoms with van der Waals surface area (Å²) in [7, 11) is 0. The van der Waals surface area contributed by atoms with Crippen LogP contribution in [0.15, 0.2) is 0 Å². The highest BCUT2D eigenvalue weighted by Crippen LogP contribution is 2.12. The molecule has 0 aliphatic carbocycles. The lowest BCUT2D eigenvalue weighted by Gasteiger charge is -2.08. The van der Waals surface area contributed by atoms with Gasteiger partial charge in [-0.15, -0.1) is 17.3 Å². The van der Waals surface area contributed by atoms with Gasteiger partial charge in [0.15, 0.2) is 0 Å². The number of nitrogens with two attached hydrogens (primary N) is 1. The van der Waals surface area contributed by atoms with Crippen molar-refractivity contribution in [2.75, 3.05) is 12.3 Å². The molecule has 2 N–H and O–H groups in total. The van der Waals surface area contributed by atoms with Crippen LogP contribution in [0.5, 0.6) is 12.0 Å². The molecule has 0 aromatic carbocycles. The minimum Gasteiger partial charge on any atom is -0.462 e. The van der Waals surface area contributed by atoms with Gasteiger partial charge in [0.1, 0.15) is 6.61 Å². The number of terminal acetylenes is 1. The molecule has 1 heterocycles. The van der Waals surface area contributed by atoms with E-state index in [0.29, 0.717) is 13.0 Å². The molecule has 1 rings (SSSR count). The minimum absolute atomic E-state index is 0.0413. The van der Waals surface area contributed by atoms with E-state index in [9.17, 15) is 0 Å². The van der Waals surface area contributed by atoms with Gasteiger partial charge in [0.05, 0.1) is 6.10 Å². The lowest BCUT2D eigenvalue weighted by atomic mass is 10.5. The van der Waals surface area contributed by atoms with Gasteiger partial charge in [0.2, 0.25) is 5.95 Å². The molecule has 0 radical (unpaired) electrons. The first-order chi connectivity index (χ1) is 7.61. The number of aromatic nitrogens is 3. The SMILES string of the molecule is C#CCCOc1nc(N)nc(OC(C)C)n1. The quantitative estimate of drug-likeness (QED) is 0.581. The van der Waals surface area contributed by atoms with Crippen LogP contribution in [0.1, 0.15) is 20.3 Å². The summed E-state index contributed by atoms with van der Waals surface area (Å²) in [5.41, 5.74) is 5.48. The molecule has 0 atom stereocenters. The number of hydrogen-bond acceptors (Lipinski definition) is 6. The normalized spacial score (nSPS) is 9.88. The van der Waals surface area contributed by atoms with Crippen molar-refractivity contribution in [2.24, 2.45) is 0 Å². The van der Waals surface area contributed by atoms with Crippen LogP contribution in [0.25, 0.3) is 0 Å². The van der Waals surface area contributed by atoms with Crippen molar-refractivity contribution in [3.63, 3.8) is 0 Å². The molecule has 0 fully saturated rings. The zero-order valence-electron chi connectivity index (χ0n) is 9.30. The molecule has 6 heteroatoms. The summed E-state index contributed by atoms with van der Waals surface area (Å²) in [6.07, 6.45) is 5.52. The fourth-order valence-electron chi connectivity index (χ4n) is 0.882. The van der Waals surface area contributed by atoms with Crippen molar-refractivity contribution in [1.82, 2.24) is 15.0 Å². The fraction of sp³-hybridized carbons (Fsp3) is 0.500. The Hall–Kier alpha value is -2.03. The second kappa shape index (κ2) is 5.75. The summed E-state index contributed by atoms with van der Waals surface area (Å²) < 4.78 is 10.5. The highest BCUT2D eigenvalue weighted by Gasteiger charge is 2.07. The third kappa shape index (κ3) is 4.00. The molecule has 86 valence electrons. The smallest absolute Gasteiger partial charge is 0.324 e. The molecule has 0 amide bonds. The van der Waals surface area contributed by atoms with Crippen molar-refractivity contribution in [3.05, 3.63) is 0 Å². The molecule has 0 saturated heterocycles. The molecule has 1 aromatic heterocycles. The Morgan fingerprint density at radius 2 is 2.00 bits per heavy atom. The van der Waals surface area contributed by atoms with Gasteiger partial charge in [-0.1, -0.05) is 0 Å². The van der Waals surface area contributed by atoms with Gasteiger partial charge in [-0.2, -0.15) is 9.97 Å². The van der Waals surface area contributed by atoms with E-state index >= 15 is 0 Å². The third-order valence-corrected chi connectivity index (χ3v) is 1.43. The molecule has 0 bridgehead atoms. The Morgan fingerprint density at radius 1 is 1.31 bits per heavy atom. The first-order valence-corrected chi connectivity index (χ1v) is 4.86. The second-order valence-corrected chi connectivity index (χ2v) is 3.23. The Labute approximate surface area is 94.2 Å². The third-order valence-electron chi connectivity index (χ3n) is 1.43. The highest BCUT2D eigenvalue weighted by molar-refractivity contribution is 5.20. The van der Waals surface area contributed by atoms with Crippen molar-refractivity contribution >= 4 is 5.95 Å². The Balaban J connectivity index is 2.70. The van der Waals surface area contributed by atoms with Gasteiger partial charge in [-0.25, -0.2) is 0 Å². The van der Waals surface area contributed by atoms with Crippen LogP contribution < -0.4 is 15.2 Å². The second-order valence-electron chi connectivity index (χ2n) is 3.23. The molecule has 1 aromatic rings. The average Bonchev–Trinajstić information content (AvgIpc) is 2.16. The molecular weight excluding hydrogens is 208 g/mol. The first-order valence-electron chi connectivity index (χ1n) is 4.86. The average molecular weight is 222 g/mol. The van der Waals surface area contributed by atoms with E-state index < -0.39 is 0 Å². The van der Waals surface area contributed by atoms with Gasteiger partial charge in [0.25, 0.3) is 0 Å². The van der Waals surface area contributed by atoms with Crippen LogP contribution in [0.2, 0.25) is 0 Å². The van der Waals surface area contributed by atoms with Crippen LogP contribution in [-0.2, 0) is 0 Å². The predicted octanol–water partition coefficient (Wildman–Crippen LogP) is 0.643. The molecule has 0 spiro atoms. The van der Waals surface area contributed by atoms with Crippen LogP contribution in [-0.4, -0.2) is 27.7 Å². The van der Waals surface area contributed by atoms with Crippen LogP contribution in [0.3, 0.4) is 0 Å². The van der Waals surface area contributed by atoms with Gasteiger partial charge in [-0.05, 0) is 13.8 Å². The molecule has 0 saturated carbocycles. The lowest BCUT2D eigenvalue weighted by Crippen LogP contribution is -2.11. The zero-order chi connectivity index (χ0) is 12.0. The lowest BCUT2D eigenvalue weighted by molar-refractivity contribution is 0.214. The zero-order valence-corrected chi connectivity index (χ0v) is 9.30. The molecule has 0 unspecified atom stereocenters. The summed E-state index contributed by atoms with van der Waals surface area (Å²) in [6, 6.07) is 0.275. The number of anilines is 1. The van der Waals surface area contributed by atoms with Crippen LogP contribution in [0.4, 0.5) is 5.95 Å². The van der Waals surface area contributed by atoms with E-state index in [1.807, 2.05) is 13.8 Å². The minimum atomic E-state index is -0.0413. The van der Waals surface area contributed by atoms with E-state index in [-0.39, 0.29) is 24.1 Å². The highest BCUT2D eigenvalue weighted by atomic mass is 16.5. The summed E-state index contributed by atoms with van der Waals surface area (Å²) in [6.45, 7) is 4.05. The maximum atomic E-state index is 5.48. The Bertz CT molecular complexity index is 387. The Morgan fingerprint density at radius 3 is 2.62 bits per heavy atom.